The highest BCUT2D eigenvalue weighted by Crippen LogP contribution is 2.34. The van der Waals surface area contributed by atoms with E-state index in [-0.39, 0.29) is 23.7 Å². The number of rotatable bonds is 5. The summed E-state index contributed by atoms with van der Waals surface area (Å²) in [4.78, 5) is 16.2. The number of nitrogens with zero attached hydrogens (tertiary/aromatic N) is 3. The Labute approximate surface area is 162 Å². The van der Waals surface area contributed by atoms with Crippen LogP contribution >= 0.6 is 0 Å². The number of nitrogens with one attached hydrogen (secondary N) is 1. The SMILES string of the molecule is COc1cc(-c2cc3nn(C)cc3c(OC(C)C3CNC(=O)C3)n2)ccc1O. The van der Waals surface area contributed by atoms with E-state index in [2.05, 4.69) is 10.4 Å². The van der Waals surface area contributed by atoms with Crippen LogP contribution in [-0.2, 0) is 11.8 Å². The lowest BCUT2D eigenvalue weighted by Gasteiger charge is -2.19. The van der Waals surface area contributed by atoms with Gasteiger partial charge in [0.1, 0.15) is 6.10 Å². The van der Waals surface area contributed by atoms with Crippen LogP contribution in [0.1, 0.15) is 13.3 Å². The summed E-state index contributed by atoms with van der Waals surface area (Å²) in [6.45, 7) is 2.55. The molecule has 3 heterocycles. The molecule has 1 aliphatic heterocycles. The molecular weight excluding hydrogens is 360 g/mol. The Morgan fingerprint density at radius 3 is 2.89 bits per heavy atom. The third-order valence-electron chi connectivity index (χ3n) is 5.03. The van der Waals surface area contributed by atoms with Crippen LogP contribution in [0.3, 0.4) is 0 Å². The van der Waals surface area contributed by atoms with Crippen LogP contribution in [0, 0.1) is 5.92 Å². The minimum Gasteiger partial charge on any atom is -0.504 e. The van der Waals surface area contributed by atoms with Gasteiger partial charge in [0.25, 0.3) is 0 Å². The number of phenols is 1. The average Bonchev–Trinajstić information content (AvgIpc) is 3.27. The zero-order valence-electron chi connectivity index (χ0n) is 16.0. The number of aryl methyl sites for hydroxylation is 1. The van der Waals surface area contributed by atoms with E-state index in [4.69, 9.17) is 14.5 Å². The highest BCUT2D eigenvalue weighted by atomic mass is 16.5. The lowest BCUT2D eigenvalue weighted by molar-refractivity contribution is -0.119. The lowest BCUT2D eigenvalue weighted by atomic mass is 10.0. The molecule has 0 saturated carbocycles. The van der Waals surface area contributed by atoms with Crippen molar-refractivity contribution < 1.29 is 19.4 Å². The van der Waals surface area contributed by atoms with Crippen molar-refractivity contribution in [2.24, 2.45) is 13.0 Å². The number of carbonyl (C=O) groups is 1. The number of amides is 1. The van der Waals surface area contributed by atoms with Gasteiger partial charge < -0.3 is 19.9 Å². The molecule has 2 aromatic heterocycles. The van der Waals surface area contributed by atoms with Crippen LogP contribution in [0.15, 0.2) is 30.5 Å². The van der Waals surface area contributed by atoms with Crippen LogP contribution in [0.4, 0.5) is 0 Å². The predicted molar refractivity (Wildman–Crippen MR) is 103 cm³/mol. The molecule has 1 aromatic carbocycles. The fourth-order valence-corrected chi connectivity index (χ4v) is 3.41. The molecular formula is C20H22N4O4. The van der Waals surface area contributed by atoms with Gasteiger partial charge in [-0.15, -0.1) is 0 Å². The van der Waals surface area contributed by atoms with Gasteiger partial charge in [-0.25, -0.2) is 4.98 Å². The number of aromatic hydroxyl groups is 1. The molecule has 0 bridgehead atoms. The van der Waals surface area contributed by atoms with Gasteiger partial charge >= 0.3 is 0 Å². The second kappa shape index (κ2) is 7.03. The Kier molecular flexibility index (Phi) is 4.54. The molecule has 1 amide bonds. The number of ether oxygens (including phenoxy) is 2. The fourth-order valence-electron chi connectivity index (χ4n) is 3.41. The Morgan fingerprint density at radius 1 is 1.36 bits per heavy atom. The molecule has 1 aliphatic rings. The number of benzene rings is 1. The summed E-state index contributed by atoms with van der Waals surface area (Å²) in [5, 5.41) is 18.0. The average molecular weight is 382 g/mol. The van der Waals surface area contributed by atoms with E-state index in [1.807, 2.05) is 26.2 Å². The van der Waals surface area contributed by atoms with Gasteiger partial charge in [-0.3, -0.25) is 9.48 Å². The maximum Gasteiger partial charge on any atom is 0.225 e. The Morgan fingerprint density at radius 2 is 2.18 bits per heavy atom. The molecule has 4 rings (SSSR count). The van der Waals surface area contributed by atoms with E-state index >= 15 is 0 Å². The molecule has 28 heavy (non-hydrogen) atoms. The minimum absolute atomic E-state index is 0.0462. The summed E-state index contributed by atoms with van der Waals surface area (Å²) in [5.74, 6) is 1.04. The standard InChI is InChI=1S/C20H22N4O4/c1-11(13-7-19(26)21-9-13)28-20-14-10-24(2)23-16(14)8-15(22-20)12-4-5-17(25)18(6-12)27-3/h4-6,8,10-11,13,25H,7,9H2,1-3H3,(H,21,26). The number of phenolic OH excluding ortho intramolecular Hbond substituents is 1. The van der Waals surface area contributed by atoms with Crippen molar-refractivity contribution in [3.8, 4) is 28.6 Å². The van der Waals surface area contributed by atoms with Crippen LogP contribution in [0.25, 0.3) is 22.2 Å². The Balaban J connectivity index is 1.74. The summed E-state index contributed by atoms with van der Waals surface area (Å²) in [6, 6.07) is 6.93. The van der Waals surface area contributed by atoms with Gasteiger partial charge in [0.15, 0.2) is 11.5 Å². The number of fused-ring (bicyclic) bond motifs is 1. The first kappa shape index (κ1) is 18.1. The first-order chi connectivity index (χ1) is 13.4. The molecule has 2 unspecified atom stereocenters. The van der Waals surface area contributed by atoms with Gasteiger partial charge in [-0.05, 0) is 31.2 Å². The second-order valence-electron chi connectivity index (χ2n) is 7.03. The summed E-state index contributed by atoms with van der Waals surface area (Å²) < 4.78 is 13.1. The minimum atomic E-state index is -0.181. The van der Waals surface area contributed by atoms with Crippen molar-refractivity contribution in [1.82, 2.24) is 20.1 Å². The largest absolute Gasteiger partial charge is 0.504 e. The maximum absolute atomic E-state index is 11.5. The molecule has 0 aliphatic carbocycles. The third kappa shape index (κ3) is 3.33. The van der Waals surface area contributed by atoms with Gasteiger partial charge in [0, 0.05) is 37.7 Å². The second-order valence-corrected chi connectivity index (χ2v) is 7.03. The van der Waals surface area contributed by atoms with Crippen molar-refractivity contribution in [3.05, 3.63) is 30.5 Å². The van der Waals surface area contributed by atoms with Crippen LogP contribution in [-0.4, -0.2) is 45.5 Å². The first-order valence-corrected chi connectivity index (χ1v) is 9.09. The smallest absolute Gasteiger partial charge is 0.225 e. The zero-order valence-corrected chi connectivity index (χ0v) is 16.0. The number of methoxy groups -OCH3 is 1. The molecule has 0 radical (unpaired) electrons. The van der Waals surface area contributed by atoms with Crippen LogP contribution in [0.5, 0.6) is 17.4 Å². The summed E-state index contributed by atoms with van der Waals surface area (Å²) >= 11 is 0. The van der Waals surface area contributed by atoms with Crippen LogP contribution < -0.4 is 14.8 Å². The molecule has 8 nitrogen and oxygen atoms in total. The van der Waals surface area contributed by atoms with Crippen LogP contribution in [0.2, 0.25) is 0 Å². The Hall–Kier alpha value is -3.29. The fraction of sp³-hybridized carbons (Fsp3) is 0.350. The third-order valence-corrected chi connectivity index (χ3v) is 5.03. The van der Waals surface area contributed by atoms with E-state index < -0.39 is 0 Å². The monoisotopic (exact) mass is 382 g/mol. The molecule has 3 aromatic rings. The van der Waals surface area contributed by atoms with Gasteiger partial charge in [-0.2, -0.15) is 5.10 Å². The normalized spacial score (nSPS) is 17.5. The van der Waals surface area contributed by atoms with Gasteiger partial charge in [0.05, 0.1) is 23.7 Å². The molecule has 1 fully saturated rings. The van der Waals surface area contributed by atoms with Gasteiger partial charge in [0.2, 0.25) is 11.8 Å². The summed E-state index contributed by atoms with van der Waals surface area (Å²) in [7, 11) is 3.34. The van der Waals surface area contributed by atoms with Crippen molar-refractivity contribution in [2.45, 2.75) is 19.4 Å². The summed E-state index contributed by atoms with van der Waals surface area (Å²) in [5.41, 5.74) is 2.19. The lowest BCUT2D eigenvalue weighted by Crippen LogP contribution is -2.26. The van der Waals surface area contributed by atoms with Gasteiger partial charge in [-0.1, -0.05) is 0 Å². The van der Waals surface area contributed by atoms with Crippen molar-refractivity contribution in [2.75, 3.05) is 13.7 Å². The number of aromatic nitrogens is 3. The van der Waals surface area contributed by atoms with E-state index in [0.717, 1.165) is 16.5 Å². The highest BCUT2D eigenvalue weighted by Gasteiger charge is 2.29. The van der Waals surface area contributed by atoms with Crippen molar-refractivity contribution in [1.29, 1.82) is 0 Å². The molecule has 0 spiro atoms. The molecule has 1 saturated heterocycles. The number of hydrogen-bond donors (Lipinski definition) is 2. The van der Waals surface area contributed by atoms with E-state index in [1.54, 1.807) is 22.9 Å². The maximum atomic E-state index is 11.5. The molecule has 146 valence electrons. The number of carbonyl (C=O) groups excluding carboxylic acids is 1. The highest BCUT2D eigenvalue weighted by molar-refractivity contribution is 5.87. The summed E-state index contributed by atoms with van der Waals surface area (Å²) in [6.07, 6.45) is 2.13. The topological polar surface area (TPSA) is 98.5 Å². The quantitative estimate of drug-likeness (QED) is 0.702. The van der Waals surface area contributed by atoms with Crippen molar-refractivity contribution >= 4 is 16.8 Å². The molecule has 2 N–H and O–H groups in total. The Bertz CT molecular complexity index is 1050. The predicted octanol–water partition coefficient (Wildman–Crippen LogP) is 2.25. The van der Waals surface area contributed by atoms with Crippen molar-refractivity contribution in [3.63, 3.8) is 0 Å². The van der Waals surface area contributed by atoms with E-state index in [9.17, 15) is 9.90 Å². The van der Waals surface area contributed by atoms with E-state index in [1.165, 1.54) is 7.11 Å². The molecule has 2 atom stereocenters. The first-order valence-electron chi connectivity index (χ1n) is 9.09. The van der Waals surface area contributed by atoms with E-state index in [0.29, 0.717) is 30.3 Å². The number of hydrogen-bond acceptors (Lipinski definition) is 6. The molecule has 8 heteroatoms. The number of pyridine rings is 1. The zero-order chi connectivity index (χ0) is 19.8.